The van der Waals surface area contributed by atoms with Crippen LogP contribution in [0.2, 0.25) is 0 Å². The molecule has 2 heterocycles. The molecule has 1 aliphatic heterocycles. The Balaban J connectivity index is 1.61. The molecule has 1 saturated heterocycles. The highest BCUT2D eigenvalue weighted by Crippen LogP contribution is 2.24. The Hall–Kier alpha value is -2.15. The van der Waals surface area contributed by atoms with Crippen molar-refractivity contribution in [2.45, 2.75) is 26.3 Å². The highest BCUT2D eigenvalue weighted by atomic mass is 19.1. The maximum absolute atomic E-state index is 13.8. The van der Waals surface area contributed by atoms with Gasteiger partial charge in [-0.3, -0.25) is 9.69 Å². The summed E-state index contributed by atoms with van der Waals surface area (Å²) in [6.07, 6.45) is 1.26. The maximum Gasteiger partial charge on any atom is 0.169 e. The average Bonchev–Trinajstić information content (AvgIpc) is 2.89. The van der Waals surface area contributed by atoms with Gasteiger partial charge >= 0.3 is 0 Å². The third kappa shape index (κ3) is 3.36. The van der Waals surface area contributed by atoms with Gasteiger partial charge in [0.25, 0.3) is 0 Å². The lowest BCUT2D eigenvalue weighted by atomic mass is 9.88. The van der Waals surface area contributed by atoms with Crippen molar-refractivity contribution >= 4 is 5.78 Å². The number of ketones is 1. The molecule has 0 radical (unpaired) electrons. The summed E-state index contributed by atoms with van der Waals surface area (Å²) in [6, 6.07) is 3.03. The topological polar surface area (TPSA) is 51.0 Å². The fourth-order valence-corrected chi connectivity index (χ4v) is 3.05. The number of nitrogens with zero attached hydrogens (tertiary/aromatic N) is 4. The molecule has 0 amide bonds. The molecule has 3 rings (SSSR count). The first-order valence-electron chi connectivity index (χ1n) is 8.02. The van der Waals surface area contributed by atoms with Gasteiger partial charge in [0.1, 0.15) is 23.3 Å². The Kier molecular flexibility index (Phi) is 4.71. The van der Waals surface area contributed by atoms with Gasteiger partial charge in [-0.25, -0.2) is 8.78 Å². The van der Waals surface area contributed by atoms with Crippen LogP contribution >= 0.6 is 0 Å². The number of carbonyl (C=O) groups excluding carboxylic acids is 1. The SMILES string of the molecule is Cc1nnc(CN2CCC(C(=O)c3cc(F)ccc3F)CC2)n1C. The van der Waals surface area contributed by atoms with Crippen LogP contribution in [-0.4, -0.2) is 38.5 Å². The smallest absolute Gasteiger partial charge is 0.169 e. The summed E-state index contributed by atoms with van der Waals surface area (Å²) in [5, 5.41) is 8.18. The standard InChI is InChI=1S/C17H20F2N4O/c1-11-20-21-16(22(11)2)10-23-7-5-12(6-8-23)17(24)14-9-13(18)3-4-15(14)19/h3-4,9,12H,5-8,10H2,1-2H3. The molecule has 1 fully saturated rings. The van der Waals surface area contributed by atoms with E-state index in [1.165, 1.54) is 0 Å². The summed E-state index contributed by atoms with van der Waals surface area (Å²) >= 11 is 0. The lowest BCUT2D eigenvalue weighted by Gasteiger charge is -2.30. The van der Waals surface area contributed by atoms with Crippen LogP contribution in [0.1, 0.15) is 34.8 Å². The van der Waals surface area contributed by atoms with Gasteiger partial charge in [0.2, 0.25) is 0 Å². The fraction of sp³-hybridized carbons (Fsp3) is 0.471. The molecule has 0 spiro atoms. The van der Waals surface area contributed by atoms with Gasteiger partial charge < -0.3 is 4.57 Å². The van der Waals surface area contributed by atoms with Crippen LogP contribution in [0.15, 0.2) is 18.2 Å². The Bertz CT molecular complexity index is 751. The van der Waals surface area contributed by atoms with E-state index in [-0.39, 0.29) is 17.3 Å². The number of piperidine rings is 1. The van der Waals surface area contributed by atoms with Crippen LogP contribution in [0.25, 0.3) is 0 Å². The molecule has 1 aromatic heterocycles. The largest absolute Gasteiger partial charge is 0.317 e. The molecule has 24 heavy (non-hydrogen) atoms. The number of rotatable bonds is 4. The third-order valence-corrected chi connectivity index (χ3v) is 4.70. The van der Waals surface area contributed by atoms with Gasteiger partial charge in [-0.2, -0.15) is 0 Å². The number of carbonyl (C=O) groups is 1. The summed E-state index contributed by atoms with van der Waals surface area (Å²) in [5.41, 5.74) is -0.141. The van der Waals surface area contributed by atoms with Crippen molar-refractivity contribution in [3.63, 3.8) is 0 Å². The molecule has 0 N–H and O–H groups in total. The van der Waals surface area contributed by atoms with Crippen LogP contribution in [-0.2, 0) is 13.6 Å². The molecule has 7 heteroatoms. The molecule has 0 aliphatic carbocycles. The minimum Gasteiger partial charge on any atom is -0.317 e. The zero-order chi connectivity index (χ0) is 17.3. The van der Waals surface area contributed by atoms with E-state index in [0.29, 0.717) is 19.4 Å². The van der Waals surface area contributed by atoms with Gasteiger partial charge in [0.15, 0.2) is 5.78 Å². The Morgan fingerprint density at radius 1 is 1.25 bits per heavy atom. The molecule has 128 valence electrons. The van der Waals surface area contributed by atoms with Crippen molar-refractivity contribution in [1.82, 2.24) is 19.7 Å². The molecular formula is C17H20F2N4O. The summed E-state index contributed by atoms with van der Waals surface area (Å²) < 4.78 is 29.0. The van der Waals surface area contributed by atoms with Crippen LogP contribution in [0.5, 0.6) is 0 Å². The zero-order valence-corrected chi connectivity index (χ0v) is 13.8. The molecule has 0 saturated carbocycles. The second-order valence-corrected chi connectivity index (χ2v) is 6.26. The molecule has 2 aromatic rings. The highest BCUT2D eigenvalue weighted by molar-refractivity contribution is 5.98. The van der Waals surface area contributed by atoms with Crippen LogP contribution in [0, 0.1) is 24.5 Å². The maximum atomic E-state index is 13.8. The van der Waals surface area contributed by atoms with E-state index in [4.69, 9.17) is 0 Å². The van der Waals surface area contributed by atoms with Crippen molar-refractivity contribution < 1.29 is 13.6 Å². The van der Waals surface area contributed by atoms with Crippen LogP contribution in [0.4, 0.5) is 8.78 Å². The minimum absolute atomic E-state index is 0.141. The van der Waals surface area contributed by atoms with Crippen molar-refractivity contribution in [2.75, 3.05) is 13.1 Å². The molecule has 1 aliphatic rings. The van der Waals surface area contributed by atoms with E-state index in [2.05, 4.69) is 15.1 Å². The van der Waals surface area contributed by atoms with Gasteiger partial charge in [-0.05, 0) is 51.1 Å². The molecule has 0 atom stereocenters. The lowest BCUT2D eigenvalue weighted by molar-refractivity contribution is 0.0827. The number of hydrogen-bond acceptors (Lipinski definition) is 4. The predicted molar refractivity (Wildman–Crippen MR) is 84.4 cm³/mol. The van der Waals surface area contributed by atoms with Crippen molar-refractivity contribution in [1.29, 1.82) is 0 Å². The highest BCUT2D eigenvalue weighted by Gasteiger charge is 2.28. The van der Waals surface area contributed by atoms with Crippen molar-refractivity contribution in [3.8, 4) is 0 Å². The van der Waals surface area contributed by atoms with Gasteiger partial charge in [0, 0.05) is 13.0 Å². The van der Waals surface area contributed by atoms with Gasteiger partial charge in [-0.15, -0.1) is 10.2 Å². The van der Waals surface area contributed by atoms with E-state index in [1.54, 1.807) is 0 Å². The minimum atomic E-state index is -0.654. The van der Waals surface area contributed by atoms with E-state index >= 15 is 0 Å². The summed E-state index contributed by atoms with van der Waals surface area (Å²) in [6.45, 7) is 4.01. The summed E-state index contributed by atoms with van der Waals surface area (Å²) in [7, 11) is 1.92. The number of halogens is 2. The second-order valence-electron chi connectivity index (χ2n) is 6.26. The van der Waals surface area contributed by atoms with E-state index in [9.17, 15) is 13.6 Å². The molecule has 1 aromatic carbocycles. The number of hydrogen-bond donors (Lipinski definition) is 0. The Morgan fingerprint density at radius 3 is 2.58 bits per heavy atom. The van der Waals surface area contributed by atoms with Crippen LogP contribution in [0.3, 0.4) is 0 Å². The quantitative estimate of drug-likeness (QED) is 0.806. The van der Waals surface area contributed by atoms with E-state index in [0.717, 1.165) is 42.9 Å². The molecular weight excluding hydrogens is 314 g/mol. The first-order valence-corrected chi connectivity index (χ1v) is 8.02. The monoisotopic (exact) mass is 334 g/mol. The molecule has 5 nitrogen and oxygen atoms in total. The average molecular weight is 334 g/mol. The van der Waals surface area contributed by atoms with Crippen molar-refractivity contribution in [2.24, 2.45) is 13.0 Å². The first kappa shape index (κ1) is 16.7. The third-order valence-electron chi connectivity index (χ3n) is 4.70. The first-order chi connectivity index (χ1) is 11.5. The summed E-state index contributed by atoms with van der Waals surface area (Å²) in [5.74, 6) is -0.0711. The summed E-state index contributed by atoms with van der Waals surface area (Å²) in [4.78, 5) is 14.6. The Morgan fingerprint density at radius 2 is 1.96 bits per heavy atom. The number of aryl methyl sites for hydroxylation is 1. The number of aromatic nitrogens is 3. The van der Waals surface area contributed by atoms with Gasteiger partial charge in [-0.1, -0.05) is 0 Å². The van der Waals surface area contributed by atoms with E-state index in [1.807, 2.05) is 18.5 Å². The number of benzene rings is 1. The predicted octanol–water partition coefficient (Wildman–Crippen LogP) is 2.50. The second kappa shape index (κ2) is 6.76. The number of likely N-dealkylation sites (tertiary alicyclic amines) is 1. The zero-order valence-electron chi connectivity index (χ0n) is 13.8. The number of Topliss-reactive ketones (excluding diaryl/α,β-unsaturated/α-hetero) is 1. The molecule has 0 bridgehead atoms. The van der Waals surface area contributed by atoms with Crippen molar-refractivity contribution in [3.05, 3.63) is 47.0 Å². The lowest BCUT2D eigenvalue weighted by Crippen LogP contribution is -2.36. The normalized spacial score (nSPS) is 16.5. The fourth-order valence-electron chi connectivity index (χ4n) is 3.05. The van der Waals surface area contributed by atoms with E-state index < -0.39 is 11.6 Å². The molecule has 0 unspecified atom stereocenters. The van der Waals surface area contributed by atoms with Gasteiger partial charge in [0.05, 0.1) is 12.1 Å². The Labute approximate surface area is 139 Å². The van der Waals surface area contributed by atoms with Crippen LogP contribution < -0.4 is 0 Å².